The van der Waals surface area contributed by atoms with Crippen LogP contribution in [0, 0.1) is 12.7 Å². The van der Waals surface area contributed by atoms with Gasteiger partial charge < -0.3 is 5.73 Å². The SMILES string of the molecule is Cc1cc(F)ccc1C(N)C1(N2CCCC2)CCCC1. The molecule has 0 bridgehead atoms. The highest BCUT2D eigenvalue weighted by Crippen LogP contribution is 2.45. The Labute approximate surface area is 121 Å². The molecule has 0 spiro atoms. The summed E-state index contributed by atoms with van der Waals surface area (Å²) in [6, 6.07) is 5.06. The van der Waals surface area contributed by atoms with Crippen molar-refractivity contribution in [3.8, 4) is 0 Å². The van der Waals surface area contributed by atoms with Crippen LogP contribution in [0.25, 0.3) is 0 Å². The lowest BCUT2D eigenvalue weighted by molar-refractivity contribution is 0.0919. The van der Waals surface area contributed by atoms with Gasteiger partial charge in [0.2, 0.25) is 0 Å². The summed E-state index contributed by atoms with van der Waals surface area (Å²) in [6.07, 6.45) is 7.48. The van der Waals surface area contributed by atoms with Crippen LogP contribution >= 0.6 is 0 Å². The zero-order valence-corrected chi connectivity index (χ0v) is 12.4. The second kappa shape index (κ2) is 5.45. The number of nitrogens with zero attached hydrogens (tertiary/aromatic N) is 1. The van der Waals surface area contributed by atoms with Crippen LogP contribution < -0.4 is 5.73 Å². The number of rotatable bonds is 3. The number of likely N-dealkylation sites (tertiary alicyclic amines) is 1. The van der Waals surface area contributed by atoms with E-state index in [1.807, 2.05) is 13.0 Å². The van der Waals surface area contributed by atoms with Gasteiger partial charge in [0.15, 0.2) is 0 Å². The van der Waals surface area contributed by atoms with Crippen LogP contribution in [0.4, 0.5) is 4.39 Å². The van der Waals surface area contributed by atoms with E-state index in [-0.39, 0.29) is 17.4 Å². The van der Waals surface area contributed by atoms with Gasteiger partial charge in [0.05, 0.1) is 0 Å². The summed E-state index contributed by atoms with van der Waals surface area (Å²) in [4.78, 5) is 2.62. The first-order chi connectivity index (χ1) is 9.63. The van der Waals surface area contributed by atoms with E-state index in [9.17, 15) is 4.39 Å². The molecular weight excluding hydrogens is 251 g/mol. The maximum atomic E-state index is 13.3. The van der Waals surface area contributed by atoms with Crippen molar-refractivity contribution in [1.82, 2.24) is 4.90 Å². The van der Waals surface area contributed by atoms with Gasteiger partial charge in [0.25, 0.3) is 0 Å². The fraction of sp³-hybridized carbons (Fsp3) is 0.647. The predicted molar refractivity (Wildman–Crippen MR) is 80.1 cm³/mol. The summed E-state index contributed by atoms with van der Waals surface area (Å²) < 4.78 is 13.3. The Kier molecular flexibility index (Phi) is 3.83. The smallest absolute Gasteiger partial charge is 0.123 e. The summed E-state index contributed by atoms with van der Waals surface area (Å²) in [5.41, 5.74) is 8.93. The molecule has 2 nitrogen and oxygen atoms in total. The minimum atomic E-state index is -0.167. The second-order valence-corrected chi connectivity index (χ2v) is 6.48. The lowest BCUT2D eigenvalue weighted by atomic mass is 9.81. The summed E-state index contributed by atoms with van der Waals surface area (Å²) >= 11 is 0. The molecule has 3 heteroatoms. The molecule has 1 saturated heterocycles. The van der Waals surface area contributed by atoms with Gasteiger partial charge in [-0.1, -0.05) is 18.9 Å². The average Bonchev–Trinajstić information content (AvgIpc) is 3.10. The standard InChI is InChI=1S/C17H25FN2/c1-13-12-14(18)6-7-15(13)16(19)17(8-2-3-9-17)20-10-4-5-11-20/h6-7,12,16H,2-5,8-11,19H2,1H3. The lowest BCUT2D eigenvalue weighted by Gasteiger charge is -2.44. The molecule has 0 aromatic heterocycles. The van der Waals surface area contributed by atoms with Crippen molar-refractivity contribution >= 4 is 0 Å². The van der Waals surface area contributed by atoms with Crippen LogP contribution in [0.3, 0.4) is 0 Å². The number of hydrogen-bond donors (Lipinski definition) is 1. The molecule has 2 fully saturated rings. The molecule has 2 N–H and O–H groups in total. The van der Waals surface area contributed by atoms with Crippen molar-refractivity contribution < 1.29 is 4.39 Å². The number of aryl methyl sites for hydroxylation is 1. The van der Waals surface area contributed by atoms with Crippen molar-refractivity contribution in [2.45, 2.75) is 57.0 Å². The van der Waals surface area contributed by atoms with Crippen LogP contribution in [-0.2, 0) is 0 Å². The number of hydrogen-bond acceptors (Lipinski definition) is 2. The van der Waals surface area contributed by atoms with Gasteiger partial charge in [-0.15, -0.1) is 0 Å². The largest absolute Gasteiger partial charge is 0.322 e. The number of nitrogens with two attached hydrogens (primary N) is 1. The second-order valence-electron chi connectivity index (χ2n) is 6.48. The van der Waals surface area contributed by atoms with E-state index in [0.29, 0.717) is 0 Å². The molecule has 1 aliphatic carbocycles. The quantitative estimate of drug-likeness (QED) is 0.915. The Balaban J connectivity index is 1.94. The van der Waals surface area contributed by atoms with E-state index < -0.39 is 0 Å². The van der Waals surface area contributed by atoms with Crippen LogP contribution in [0.2, 0.25) is 0 Å². The van der Waals surface area contributed by atoms with Crippen molar-refractivity contribution in [1.29, 1.82) is 0 Å². The third-order valence-electron chi connectivity index (χ3n) is 5.35. The molecule has 1 aromatic rings. The van der Waals surface area contributed by atoms with Crippen LogP contribution in [0.5, 0.6) is 0 Å². The molecule has 1 unspecified atom stereocenters. The van der Waals surface area contributed by atoms with Gasteiger partial charge in [0, 0.05) is 11.6 Å². The van der Waals surface area contributed by atoms with Crippen LogP contribution in [-0.4, -0.2) is 23.5 Å². The highest BCUT2D eigenvalue weighted by Gasteiger charge is 2.45. The van der Waals surface area contributed by atoms with Gasteiger partial charge in [-0.2, -0.15) is 0 Å². The van der Waals surface area contributed by atoms with Gasteiger partial charge in [-0.25, -0.2) is 4.39 Å². The fourth-order valence-corrected chi connectivity index (χ4v) is 4.25. The van der Waals surface area contributed by atoms with E-state index in [2.05, 4.69) is 4.90 Å². The fourth-order valence-electron chi connectivity index (χ4n) is 4.25. The first kappa shape index (κ1) is 14.0. The van der Waals surface area contributed by atoms with E-state index >= 15 is 0 Å². The molecule has 1 atom stereocenters. The monoisotopic (exact) mass is 276 g/mol. The van der Waals surface area contributed by atoms with Gasteiger partial charge >= 0.3 is 0 Å². The maximum Gasteiger partial charge on any atom is 0.123 e. The normalized spacial score (nSPS) is 24.1. The van der Waals surface area contributed by atoms with Gasteiger partial charge in [-0.05, 0) is 69.0 Å². The first-order valence-electron chi connectivity index (χ1n) is 7.90. The Bertz CT molecular complexity index is 474. The molecule has 0 radical (unpaired) electrons. The maximum absolute atomic E-state index is 13.3. The zero-order chi connectivity index (χ0) is 14.2. The van der Waals surface area contributed by atoms with Crippen LogP contribution in [0.1, 0.15) is 55.7 Å². The first-order valence-corrected chi connectivity index (χ1v) is 7.90. The van der Waals surface area contributed by atoms with Crippen molar-refractivity contribution in [2.75, 3.05) is 13.1 Å². The Morgan fingerprint density at radius 2 is 1.80 bits per heavy atom. The van der Waals surface area contributed by atoms with Gasteiger partial charge in [-0.3, -0.25) is 4.90 Å². The minimum absolute atomic E-state index is 0.00343. The Morgan fingerprint density at radius 1 is 1.15 bits per heavy atom. The van der Waals surface area contributed by atoms with E-state index in [1.165, 1.54) is 51.6 Å². The molecule has 2 aliphatic rings. The van der Waals surface area contributed by atoms with Crippen molar-refractivity contribution in [3.63, 3.8) is 0 Å². The molecule has 0 amide bonds. The Morgan fingerprint density at radius 3 is 2.40 bits per heavy atom. The number of benzene rings is 1. The summed E-state index contributed by atoms with van der Waals surface area (Å²) in [7, 11) is 0. The molecule has 1 saturated carbocycles. The third-order valence-corrected chi connectivity index (χ3v) is 5.35. The predicted octanol–water partition coefficient (Wildman–Crippen LogP) is 3.54. The third kappa shape index (κ3) is 2.27. The zero-order valence-electron chi connectivity index (χ0n) is 12.4. The highest BCUT2D eigenvalue weighted by molar-refractivity contribution is 5.32. The summed E-state index contributed by atoms with van der Waals surface area (Å²) in [6.45, 7) is 4.33. The molecule has 3 rings (SSSR count). The number of halogens is 1. The van der Waals surface area contributed by atoms with E-state index in [4.69, 9.17) is 5.73 Å². The average molecular weight is 276 g/mol. The highest BCUT2D eigenvalue weighted by atomic mass is 19.1. The topological polar surface area (TPSA) is 29.3 Å². The summed E-state index contributed by atoms with van der Waals surface area (Å²) in [5, 5.41) is 0. The van der Waals surface area contributed by atoms with E-state index in [1.54, 1.807) is 12.1 Å². The lowest BCUT2D eigenvalue weighted by Crippen LogP contribution is -2.52. The molecular formula is C17H25FN2. The molecule has 110 valence electrons. The van der Waals surface area contributed by atoms with Gasteiger partial charge in [0.1, 0.15) is 5.82 Å². The molecule has 1 aliphatic heterocycles. The molecule has 20 heavy (non-hydrogen) atoms. The van der Waals surface area contributed by atoms with Crippen LogP contribution in [0.15, 0.2) is 18.2 Å². The molecule has 1 heterocycles. The van der Waals surface area contributed by atoms with Crippen molar-refractivity contribution in [2.24, 2.45) is 5.73 Å². The molecule has 1 aromatic carbocycles. The Hall–Kier alpha value is -0.930. The minimum Gasteiger partial charge on any atom is -0.322 e. The van der Waals surface area contributed by atoms with Crippen molar-refractivity contribution in [3.05, 3.63) is 35.1 Å². The van der Waals surface area contributed by atoms with E-state index in [0.717, 1.165) is 11.1 Å². The summed E-state index contributed by atoms with van der Waals surface area (Å²) in [5.74, 6) is -0.167.